The van der Waals surface area contributed by atoms with Crippen LogP contribution < -0.4 is 59.1 Å². The third-order valence-corrected chi connectivity index (χ3v) is 0.553. The topological polar surface area (TPSA) is 74.6 Å². The average molecular weight is 225 g/mol. The van der Waals surface area contributed by atoms with Crippen LogP contribution in [0.3, 0.4) is 0 Å². The quantitative estimate of drug-likeness (QED) is 0.469. The third-order valence-electron chi connectivity index (χ3n) is 0.553. The maximum Gasteiger partial charge on any atom is 1.00 e. The second-order valence-electron chi connectivity index (χ2n) is 1.29. The summed E-state index contributed by atoms with van der Waals surface area (Å²) in [5.41, 5.74) is 0. The summed E-state index contributed by atoms with van der Waals surface area (Å²) in [6.45, 7) is 0. The van der Waals surface area contributed by atoms with Gasteiger partial charge in [-0.25, -0.2) is 0 Å². The van der Waals surface area contributed by atoms with Gasteiger partial charge in [0.15, 0.2) is 0 Å². The number of hydrogen-bond donors (Lipinski definition) is 2. The normalized spacial score (nSPS) is 6.18. The van der Waals surface area contributed by atoms with E-state index < -0.39 is 11.9 Å². The van der Waals surface area contributed by atoms with Crippen molar-refractivity contribution in [3.05, 3.63) is 0 Å². The van der Waals surface area contributed by atoms with Gasteiger partial charge in [0.25, 0.3) is 0 Å². The molecule has 0 atom stereocenters. The Bertz CT molecular complexity index is 113. The third kappa shape index (κ3) is 24.6. The van der Waals surface area contributed by atoms with Crippen LogP contribution >= 0.6 is 0 Å². The molecule has 2 N–H and O–H groups in total. The van der Waals surface area contributed by atoms with Crippen LogP contribution in [0.25, 0.3) is 0 Å². The molecule has 0 aromatic carbocycles. The Labute approximate surface area is 122 Å². The maximum atomic E-state index is 9.64. The van der Waals surface area contributed by atoms with E-state index in [0.29, 0.717) is 0 Å². The summed E-state index contributed by atoms with van der Waals surface area (Å²) in [7, 11) is 0. The standard InChI is InChI=1S/C4H6O4.2Na.Ni.2H/c5-3(6)1-2-4(7)8;;;;;/h1-2H2,(H,5,6)(H,7,8);;;;;/q;2*+1;;2*-1. The van der Waals surface area contributed by atoms with E-state index in [4.69, 9.17) is 10.2 Å². The number of carbonyl (C=O) groups is 2. The Hall–Kier alpha value is 1.43. The zero-order valence-corrected chi connectivity index (χ0v) is 11.4. The molecular weight excluding hydrogens is 217 g/mol. The van der Waals surface area contributed by atoms with Crippen LogP contribution in [0.2, 0.25) is 0 Å². The molecule has 0 rings (SSSR count). The SMILES string of the molecule is O=C(O)CCC(=O)O.[H-].[H-].[Na+].[Na+].[Ni]. The molecule has 0 radical (unpaired) electrons. The van der Waals surface area contributed by atoms with Gasteiger partial charge in [0.05, 0.1) is 12.8 Å². The first kappa shape index (κ1) is 22.9. The van der Waals surface area contributed by atoms with E-state index >= 15 is 0 Å². The fraction of sp³-hybridized carbons (Fsp3) is 0.500. The van der Waals surface area contributed by atoms with Gasteiger partial charge in [0.2, 0.25) is 0 Å². The molecule has 0 aliphatic rings. The molecule has 0 fully saturated rings. The first-order valence-corrected chi connectivity index (χ1v) is 2.06. The molecule has 0 amide bonds. The van der Waals surface area contributed by atoms with Crippen LogP contribution in [-0.4, -0.2) is 22.2 Å². The van der Waals surface area contributed by atoms with Crippen molar-refractivity contribution < 1.29 is 98.3 Å². The van der Waals surface area contributed by atoms with E-state index in [1.165, 1.54) is 0 Å². The predicted molar refractivity (Wildman–Crippen MR) is 26.7 cm³/mol. The van der Waals surface area contributed by atoms with E-state index in [-0.39, 0.29) is 91.3 Å². The minimum Gasteiger partial charge on any atom is -1.00 e. The Kier molecular flexibility index (Phi) is 29.1. The molecule has 0 aliphatic heterocycles. The molecule has 7 heteroatoms. The monoisotopic (exact) mass is 224 g/mol. The van der Waals surface area contributed by atoms with E-state index in [9.17, 15) is 9.59 Å². The molecule has 0 aromatic heterocycles. The van der Waals surface area contributed by atoms with Crippen molar-refractivity contribution in [1.29, 1.82) is 0 Å². The molecular formula is C4H8Na2NiO4. The van der Waals surface area contributed by atoms with Crippen LogP contribution in [0.4, 0.5) is 0 Å². The molecule has 4 nitrogen and oxygen atoms in total. The van der Waals surface area contributed by atoms with Crippen molar-refractivity contribution in [1.82, 2.24) is 0 Å². The largest absolute Gasteiger partial charge is 1.00 e. The van der Waals surface area contributed by atoms with Crippen LogP contribution in [0.15, 0.2) is 0 Å². The second-order valence-corrected chi connectivity index (χ2v) is 1.29. The Morgan fingerprint density at radius 2 is 1.18 bits per heavy atom. The zero-order chi connectivity index (χ0) is 6.57. The smallest absolute Gasteiger partial charge is 1.00 e. The number of hydrogen-bond acceptors (Lipinski definition) is 2. The molecule has 0 aliphatic carbocycles. The van der Waals surface area contributed by atoms with Gasteiger partial charge >= 0.3 is 71.1 Å². The first-order chi connectivity index (χ1) is 3.63. The summed E-state index contributed by atoms with van der Waals surface area (Å²) in [6.07, 6.45) is -0.593. The molecule has 11 heavy (non-hydrogen) atoms. The summed E-state index contributed by atoms with van der Waals surface area (Å²) >= 11 is 0. The number of carboxylic acid groups (broad SMARTS) is 2. The first-order valence-electron chi connectivity index (χ1n) is 2.06. The molecule has 0 aromatic rings. The summed E-state index contributed by atoms with van der Waals surface area (Å²) < 4.78 is 0. The second kappa shape index (κ2) is 14.0. The fourth-order valence-corrected chi connectivity index (χ4v) is 0.214. The maximum absolute atomic E-state index is 9.64. The van der Waals surface area contributed by atoms with Crippen molar-refractivity contribution in [3.8, 4) is 0 Å². The number of rotatable bonds is 3. The minimum absolute atomic E-state index is 0. The summed E-state index contributed by atoms with van der Waals surface area (Å²) in [5.74, 6) is -2.15. The number of aliphatic carboxylic acids is 2. The molecule has 60 valence electrons. The van der Waals surface area contributed by atoms with E-state index in [1.807, 2.05) is 0 Å². The van der Waals surface area contributed by atoms with Gasteiger partial charge in [-0.1, -0.05) is 0 Å². The molecule has 0 spiro atoms. The van der Waals surface area contributed by atoms with Crippen molar-refractivity contribution in [3.63, 3.8) is 0 Å². The average Bonchev–Trinajstić information content (AvgIpc) is 1.61. The van der Waals surface area contributed by atoms with Crippen LogP contribution in [0.1, 0.15) is 15.7 Å². The summed E-state index contributed by atoms with van der Waals surface area (Å²) in [4.78, 5) is 19.3. The number of carboxylic acids is 2. The van der Waals surface area contributed by atoms with Gasteiger partial charge in [0.1, 0.15) is 0 Å². The van der Waals surface area contributed by atoms with Crippen LogP contribution in [0, 0.1) is 0 Å². The van der Waals surface area contributed by atoms with Crippen molar-refractivity contribution >= 4 is 11.9 Å². The van der Waals surface area contributed by atoms with Crippen LogP contribution in [0.5, 0.6) is 0 Å². The van der Waals surface area contributed by atoms with E-state index in [1.54, 1.807) is 0 Å². The molecule has 0 bridgehead atoms. The zero-order valence-electron chi connectivity index (χ0n) is 8.44. The van der Waals surface area contributed by atoms with Crippen molar-refractivity contribution in [2.75, 3.05) is 0 Å². The summed E-state index contributed by atoms with van der Waals surface area (Å²) in [6, 6.07) is 0. The minimum atomic E-state index is -1.08. The van der Waals surface area contributed by atoms with Gasteiger partial charge in [0, 0.05) is 16.5 Å². The van der Waals surface area contributed by atoms with Gasteiger partial charge < -0.3 is 13.1 Å². The van der Waals surface area contributed by atoms with Crippen LogP contribution in [-0.2, 0) is 26.1 Å². The van der Waals surface area contributed by atoms with Gasteiger partial charge in [-0.2, -0.15) is 0 Å². The predicted octanol–water partition coefficient (Wildman–Crippen LogP) is -5.83. The van der Waals surface area contributed by atoms with Gasteiger partial charge in [-0.05, 0) is 0 Å². The fourth-order valence-electron chi connectivity index (χ4n) is 0.214. The van der Waals surface area contributed by atoms with E-state index in [2.05, 4.69) is 0 Å². The van der Waals surface area contributed by atoms with Gasteiger partial charge in [-0.15, -0.1) is 0 Å². The Balaban J connectivity index is -0.0000000245. The van der Waals surface area contributed by atoms with E-state index in [0.717, 1.165) is 0 Å². The Morgan fingerprint density at radius 3 is 1.27 bits per heavy atom. The summed E-state index contributed by atoms with van der Waals surface area (Å²) in [5, 5.41) is 15.8. The molecule has 0 unspecified atom stereocenters. The molecule has 0 saturated carbocycles. The molecule has 0 saturated heterocycles. The van der Waals surface area contributed by atoms with Crippen molar-refractivity contribution in [2.45, 2.75) is 12.8 Å². The molecule has 0 heterocycles. The Morgan fingerprint density at radius 1 is 1.00 bits per heavy atom. The van der Waals surface area contributed by atoms with Gasteiger partial charge in [-0.3, -0.25) is 9.59 Å². The van der Waals surface area contributed by atoms with Crippen molar-refractivity contribution in [2.24, 2.45) is 0 Å².